The Labute approximate surface area is 139 Å². The summed E-state index contributed by atoms with van der Waals surface area (Å²) in [4.78, 5) is 22.1. The van der Waals surface area contributed by atoms with Gasteiger partial charge in [0, 0.05) is 0 Å². The number of amides is 1. The van der Waals surface area contributed by atoms with Crippen LogP contribution in [0.5, 0.6) is 5.75 Å². The lowest BCUT2D eigenvalue weighted by atomic mass is 10.2. The zero-order valence-corrected chi connectivity index (χ0v) is 13.3. The molecule has 1 atom stereocenters. The highest BCUT2D eigenvalue weighted by Crippen LogP contribution is 2.28. The van der Waals surface area contributed by atoms with Crippen molar-refractivity contribution in [1.29, 1.82) is 0 Å². The van der Waals surface area contributed by atoms with Gasteiger partial charge in [0.2, 0.25) is 5.91 Å². The Morgan fingerprint density at radius 3 is 2.96 bits per heavy atom. The lowest BCUT2D eigenvalue weighted by Gasteiger charge is -2.04. The summed E-state index contributed by atoms with van der Waals surface area (Å²) in [6.07, 6.45) is 0.942. The summed E-state index contributed by atoms with van der Waals surface area (Å²) in [6.45, 7) is 0. The lowest BCUT2D eigenvalue weighted by molar-refractivity contribution is -0.138. The molecule has 1 saturated heterocycles. The van der Waals surface area contributed by atoms with Gasteiger partial charge in [0.1, 0.15) is 5.25 Å². The van der Waals surface area contributed by atoms with Crippen molar-refractivity contribution in [2.24, 2.45) is 10.2 Å². The van der Waals surface area contributed by atoms with Gasteiger partial charge in [0.25, 0.3) is 0 Å². The van der Waals surface area contributed by atoms with Gasteiger partial charge in [-0.1, -0.05) is 23.4 Å². The number of amidine groups is 1. The Bertz CT molecular complexity index is 687. The van der Waals surface area contributed by atoms with Gasteiger partial charge in [0.05, 0.1) is 24.8 Å². The van der Waals surface area contributed by atoms with Crippen LogP contribution in [0.3, 0.4) is 0 Å². The Morgan fingerprint density at radius 2 is 2.35 bits per heavy atom. The third kappa shape index (κ3) is 4.42. The molecule has 1 aromatic carbocycles. The van der Waals surface area contributed by atoms with E-state index < -0.39 is 22.9 Å². The second-order valence-electron chi connectivity index (χ2n) is 4.36. The van der Waals surface area contributed by atoms with E-state index in [4.69, 9.17) is 21.4 Å². The maximum absolute atomic E-state index is 13.6. The maximum Gasteiger partial charge on any atom is 0.305 e. The molecule has 1 fully saturated rings. The molecule has 122 valence electrons. The van der Waals surface area contributed by atoms with Crippen molar-refractivity contribution in [1.82, 2.24) is 5.32 Å². The number of nitrogens with zero attached hydrogens (tertiary/aromatic N) is 2. The van der Waals surface area contributed by atoms with Crippen LogP contribution in [0, 0.1) is 5.82 Å². The Kier molecular flexibility index (Phi) is 5.56. The van der Waals surface area contributed by atoms with Gasteiger partial charge < -0.3 is 15.2 Å². The molecule has 0 bridgehead atoms. The molecule has 1 heterocycles. The first-order valence-electron chi connectivity index (χ1n) is 6.24. The third-order valence-electron chi connectivity index (χ3n) is 2.72. The van der Waals surface area contributed by atoms with Gasteiger partial charge in [-0.25, -0.2) is 4.39 Å². The topological polar surface area (TPSA) is 100 Å². The quantitative estimate of drug-likeness (QED) is 0.617. The van der Waals surface area contributed by atoms with E-state index in [1.54, 1.807) is 0 Å². The molecule has 1 aliphatic rings. The van der Waals surface area contributed by atoms with Crippen molar-refractivity contribution in [2.75, 3.05) is 7.11 Å². The molecule has 2 N–H and O–H groups in total. The number of thioether (sulfide) groups is 1. The summed E-state index contributed by atoms with van der Waals surface area (Å²) in [5.74, 6) is -2.22. The van der Waals surface area contributed by atoms with Crippen LogP contribution in [-0.2, 0) is 9.59 Å². The highest BCUT2D eigenvalue weighted by molar-refractivity contribution is 8.15. The number of carboxylic acids is 1. The van der Waals surface area contributed by atoms with E-state index in [0.717, 1.165) is 11.8 Å². The first-order chi connectivity index (χ1) is 10.9. The number of ether oxygens (including phenoxy) is 1. The summed E-state index contributed by atoms with van der Waals surface area (Å²) in [5, 5.41) is 18.1. The molecular weight excluding hydrogens is 349 g/mol. The second-order valence-corrected chi connectivity index (χ2v) is 5.96. The predicted molar refractivity (Wildman–Crippen MR) is 84.8 cm³/mol. The van der Waals surface area contributed by atoms with Crippen molar-refractivity contribution < 1.29 is 23.8 Å². The number of carboxylic acid groups (broad SMARTS) is 1. The summed E-state index contributed by atoms with van der Waals surface area (Å²) in [7, 11) is 1.30. The number of halogens is 2. The number of hydrogen-bond acceptors (Lipinski definition) is 6. The van der Waals surface area contributed by atoms with Crippen molar-refractivity contribution in [3.8, 4) is 5.75 Å². The smallest absolute Gasteiger partial charge is 0.305 e. The van der Waals surface area contributed by atoms with Crippen LogP contribution >= 0.6 is 23.4 Å². The summed E-state index contributed by atoms with van der Waals surface area (Å²) < 4.78 is 18.4. The molecule has 0 aromatic heterocycles. The zero-order chi connectivity index (χ0) is 17.0. The zero-order valence-electron chi connectivity index (χ0n) is 11.7. The van der Waals surface area contributed by atoms with Gasteiger partial charge in [0.15, 0.2) is 16.7 Å². The highest BCUT2D eigenvalue weighted by atomic mass is 35.5. The minimum atomic E-state index is -1.08. The number of benzene rings is 1. The molecule has 0 radical (unpaired) electrons. The van der Waals surface area contributed by atoms with Gasteiger partial charge in [-0.15, -0.1) is 5.10 Å². The number of methoxy groups -OCH3 is 1. The average Bonchev–Trinajstić information content (AvgIpc) is 2.78. The number of nitrogens with one attached hydrogen (secondary N) is 1. The minimum Gasteiger partial charge on any atom is -0.492 e. The molecule has 0 saturated carbocycles. The van der Waals surface area contributed by atoms with E-state index in [1.807, 2.05) is 0 Å². The van der Waals surface area contributed by atoms with Gasteiger partial charge >= 0.3 is 5.97 Å². The molecular formula is C13H11ClFN3O4S. The minimum absolute atomic E-state index is 0.0646. The fourth-order valence-corrected chi connectivity index (χ4v) is 2.95. The summed E-state index contributed by atoms with van der Waals surface area (Å²) in [5.41, 5.74) is 0.356. The van der Waals surface area contributed by atoms with Crippen molar-refractivity contribution in [3.05, 3.63) is 28.5 Å². The number of aliphatic carboxylic acids is 1. The Morgan fingerprint density at radius 1 is 1.61 bits per heavy atom. The third-order valence-corrected chi connectivity index (χ3v) is 4.07. The largest absolute Gasteiger partial charge is 0.492 e. The van der Waals surface area contributed by atoms with Crippen LogP contribution < -0.4 is 10.1 Å². The molecule has 2 rings (SSSR count). The number of hydrogen-bond donors (Lipinski definition) is 2. The number of carbonyl (C=O) groups is 2. The fraction of sp³-hybridized carbons (Fsp3) is 0.231. The highest BCUT2D eigenvalue weighted by Gasteiger charge is 2.32. The number of carbonyl (C=O) groups excluding carboxylic acids is 1. The van der Waals surface area contributed by atoms with Crippen molar-refractivity contribution in [3.63, 3.8) is 0 Å². The normalized spacial score (nSPS) is 19.3. The molecule has 23 heavy (non-hydrogen) atoms. The fourth-order valence-electron chi connectivity index (χ4n) is 1.74. The van der Waals surface area contributed by atoms with E-state index in [0.29, 0.717) is 5.56 Å². The summed E-state index contributed by atoms with van der Waals surface area (Å²) >= 11 is 6.82. The van der Waals surface area contributed by atoms with Crippen LogP contribution in [0.2, 0.25) is 5.02 Å². The predicted octanol–water partition coefficient (Wildman–Crippen LogP) is 1.88. The molecule has 1 aromatic rings. The molecule has 0 aliphatic carbocycles. The van der Waals surface area contributed by atoms with Gasteiger partial charge in [-0.3, -0.25) is 9.59 Å². The standard InChI is InChI=1S/C13H11ClFN3O4S/c1-22-11-7(14)2-6(3-8(11)15)5-16-18-13-17-12(21)9(23-13)4-10(19)20/h2-3,5,9H,4H2,1H3,(H,19,20)(H,17,18,21). The molecule has 1 unspecified atom stereocenters. The summed E-state index contributed by atoms with van der Waals surface area (Å²) in [6, 6.07) is 2.61. The maximum atomic E-state index is 13.6. The average molecular weight is 360 g/mol. The van der Waals surface area contributed by atoms with Gasteiger partial charge in [-0.05, 0) is 17.7 Å². The SMILES string of the molecule is COc1c(F)cc(C=NN=C2NC(=O)C(CC(=O)O)S2)cc1Cl. The van der Waals surface area contributed by atoms with Crippen LogP contribution in [0.15, 0.2) is 22.3 Å². The molecule has 7 nitrogen and oxygen atoms in total. The van der Waals surface area contributed by atoms with E-state index >= 15 is 0 Å². The monoisotopic (exact) mass is 359 g/mol. The Hall–Kier alpha value is -2.13. The lowest BCUT2D eigenvalue weighted by Crippen LogP contribution is -2.26. The van der Waals surface area contributed by atoms with Gasteiger partial charge in [-0.2, -0.15) is 5.10 Å². The van der Waals surface area contributed by atoms with Crippen LogP contribution in [0.4, 0.5) is 4.39 Å². The van der Waals surface area contributed by atoms with E-state index in [1.165, 1.54) is 25.5 Å². The van der Waals surface area contributed by atoms with E-state index in [2.05, 4.69) is 15.5 Å². The Balaban J connectivity index is 2.07. The van der Waals surface area contributed by atoms with Crippen molar-refractivity contribution >= 4 is 46.6 Å². The molecule has 0 spiro atoms. The second kappa shape index (κ2) is 7.42. The molecule has 1 amide bonds. The first kappa shape index (κ1) is 17.2. The van der Waals surface area contributed by atoms with Crippen LogP contribution in [-0.4, -0.2) is 40.7 Å². The molecule has 1 aliphatic heterocycles. The number of rotatable bonds is 5. The van der Waals surface area contributed by atoms with Crippen LogP contribution in [0.25, 0.3) is 0 Å². The first-order valence-corrected chi connectivity index (χ1v) is 7.50. The van der Waals surface area contributed by atoms with E-state index in [9.17, 15) is 14.0 Å². The molecule has 10 heteroatoms. The van der Waals surface area contributed by atoms with Crippen molar-refractivity contribution in [2.45, 2.75) is 11.7 Å². The van der Waals surface area contributed by atoms with E-state index in [-0.39, 0.29) is 22.4 Å². The van der Waals surface area contributed by atoms with Crippen LogP contribution in [0.1, 0.15) is 12.0 Å².